The van der Waals surface area contributed by atoms with E-state index in [1.807, 2.05) is 31.3 Å². The van der Waals surface area contributed by atoms with Gasteiger partial charge in [-0.25, -0.2) is 4.98 Å². The lowest BCUT2D eigenvalue weighted by molar-refractivity contribution is 0.184. The lowest BCUT2D eigenvalue weighted by atomic mass is 10.2. The van der Waals surface area contributed by atoms with E-state index in [4.69, 9.17) is 9.47 Å². The summed E-state index contributed by atoms with van der Waals surface area (Å²) in [5, 5.41) is 3.02. The fourth-order valence-electron chi connectivity index (χ4n) is 1.65. The van der Waals surface area contributed by atoms with Crippen molar-refractivity contribution in [2.75, 3.05) is 14.2 Å². The molecule has 5 heteroatoms. The summed E-state index contributed by atoms with van der Waals surface area (Å²) >= 11 is 0. The second-order valence-electron chi connectivity index (χ2n) is 4.06. The summed E-state index contributed by atoms with van der Waals surface area (Å²) in [5.41, 5.74) is 1.93. The van der Waals surface area contributed by atoms with Crippen LogP contribution >= 0.6 is 0 Å². The van der Waals surface area contributed by atoms with E-state index in [1.165, 1.54) is 0 Å². The van der Waals surface area contributed by atoms with E-state index >= 15 is 0 Å². The van der Waals surface area contributed by atoms with Crippen LogP contribution in [-0.4, -0.2) is 24.1 Å². The van der Waals surface area contributed by atoms with Crippen molar-refractivity contribution in [3.63, 3.8) is 0 Å². The second kappa shape index (κ2) is 6.82. The maximum Gasteiger partial charge on any atom is 0.237 e. The third kappa shape index (κ3) is 4.01. The number of hydrogen-bond donors (Lipinski definition) is 1. The van der Waals surface area contributed by atoms with Gasteiger partial charge >= 0.3 is 0 Å². The van der Waals surface area contributed by atoms with Gasteiger partial charge in [0.1, 0.15) is 5.75 Å². The molecule has 19 heavy (non-hydrogen) atoms. The molecule has 0 saturated carbocycles. The maximum absolute atomic E-state index is 5.65. The molecule has 0 aliphatic rings. The Labute approximate surface area is 112 Å². The van der Waals surface area contributed by atoms with Crippen molar-refractivity contribution in [3.05, 3.63) is 47.9 Å². The van der Waals surface area contributed by atoms with Gasteiger partial charge in [-0.15, -0.1) is 0 Å². The van der Waals surface area contributed by atoms with Crippen LogP contribution in [0.3, 0.4) is 0 Å². The number of benzene rings is 1. The molecule has 0 fully saturated rings. The topological polar surface area (TPSA) is 56.3 Å². The van der Waals surface area contributed by atoms with Crippen LogP contribution in [0.4, 0.5) is 0 Å². The minimum Gasteiger partial charge on any atom is -0.437 e. The number of nitrogens with one attached hydrogen (secondary N) is 1. The van der Waals surface area contributed by atoms with E-state index in [9.17, 15) is 0 Å². The van der Waals surface area contributed by atoms with Gasteiger partial charge in [0.15, 0.2) is 0 Å². The normalized spacial score (nSPS) is 10.4. The molecule has 0 spiro atoms. The van der Waals surface area contributed by atoms with Gasteiger partial charge in [0.25, 0.3) is 0 Å². The molecule has 5 nitrogen and oxygen atoms in total. The van der Waals surface area contributed by atoms with E-state index in [0.29, 0.717) is 19.0 Å². The van der Waals surface area contributed by atoms with Crippen LogP contribution in [0, 0.1) is 0 Å². The van der Waals surface area contributed by atoms with Gasteiger partial charge < -0.3 is 14.8 Å². The summed E-state index contributed by atoms with van der Waals surface area (Å²) in [6, 6.07) is 7.71. The predicted octanol–water partition coefficient (Wildman–Crippen LogP) is 2.13. The standard InChI is InChI=1S/C14H17N3O2/c1-15-7-12-8-17-14(9-16-12)19-13-5-3-4-11(6-13)10-18-2/h3-6,8-9,15H,7,10H2,1-2H3. The molecule has 0 aliphatic heterocycles. The van der Waals surface area contributed by atoms with Gasteiger partial charge in [-0.2, -0.15) is 0 Å². The summed E-state index contributed by atoms with van der Waals surface area (Å²) in [4.78, 5) is 8.46. The molecule has 1 heterocycles. The number of hydrogen-bond acceptors (Lipinski definition) is 5. The number of methoxy groups -OCH3 is 1. The first-order valence-electron chi connectivity index (χ1n) is 6.03. The monoisotopic (exact) mass is 259 g/mol. The highest BCUT2D eigenvalue weighted by Gasteiger charge is 2.01. The van der Waals surface area contributed by atoms with Crippen LogP contribution in [-0.2, 0) is 17.9 Å². The zero-order valence-corrected chi connectivity index (χ0v) is 11.1. The average Bonchev–Trinajstić information content (AvgIpc) is 2.42. The fraction of sp³-hybridized carbons (Fsp3) is 0.286. The van der Waals surface area contributed by atoms with Crippen molar-refractivity contribution >= 4 is 0 Å². The van der Waals surface area contributed by atoms with Crippen molar-refractivity contribution in [1.82, 2.24) is 15.3 Å². The zero-order valence-electron chi connectivity index (χ0n) is 11.1. The van der Waals surface area contributed by atoms with Gasteiger partial charge in [0, 0.05) is 13.7 Å². The van der Waals surface area contributed by atoms with E-state index in [0.717, 1.165) is 17.0 Å². The van der Waals surface area contributed by atoms with Crippen molar-refractivity contribution in [2.45, 2.75) is 13.2 Å². The largest absolute Gasteiger partial charge is 0.437 e. The van der Waals surface area contributed by atoms with Crippen LogP contribution in [0.25, 0.3) is 0 Å². The number of aromatic nitrogens is 2. The Balaban J connectivity index is 2.05. The molecule has 2 aromatic rings. The predicted molar refractivity (Wildman–Crippen MR) is 72.0 cm³/mol. The van der Waals surface area contributed by atoms with Gasteiger partial charge in [0.05, 0.1) is 24.7 Å². The third-order valence-corrected chi connectivity index (χ3v) is 2.47. The SMILES string of the molecule is CNCc1cnc(Oc2cccc(COC)c2)cn1. The number of ether oxygens (including phenoxy) is 2. The highest BCUT2D eigenvalue weighted by atomic mass is 16.5. The molecule has 0 radical (unpaired) electrons. The molecule has 0 saturated heterocycles. The Morgan fingerprint density at radius 3 is 2.79 bits per heavy atom. The van der Waals surface area contributed by atoms with Crippen LogP contribution in [0.2, 0.25) is 0 Å². The summed E-state index contributed by atoms with van der Waals surface area (Å²) in [7, 11) is 3.53. The van der Waals surface area contributed by atoms with E-state index in [2.05, 4.69) is 15.3 Å². The molecule has 0 unspecified atom stereocenters. The van der Waals surface area contributed by atoms with Crippen molar-refractivity contribution in [2.24, 2.45) is 0 Å². The fourth-order valence-corrected chi connectivity index (χ4v) is 1.65. The van der Waals surface area contributed by atoms with E-state index < -0.39 is 0 Å². The number of nitrogens with zero attached hydrogens (tertiary/aromatic N) is 2. The smallest absolute Gasteiger partial charge is 0.237 e. The minimum atomic E-state index is 0.481. The van der Waals surface area contributed by atoms with Crippen LogP contribution < -0.4 is 10.1 Å². The van der Waals surface area contributed by atoms with Crippen LogP contribution in [0.1, 0.15) is 11.3 Å². The molecule has 1 N–H and O–H groups in total. The Morgan fingerprint density at radius 1 is 1.21 bits per heavy atom. The molecule has 100 valence electrons. The van der Waals surface area contributed by atoms with E-state index in [1.54, 1.807) is 19.5 Å². The van der Waals surface area contributed by atoms with Crippen molar-refractivity contribution in [3.8, 4) is 11.6 Å². The first kappa shape index (κ1) is 13.5. The van der Waals surface area contributed by atoms with Gasteiger partial charge in [-0.1, -0.05) is 12.1 Å². The van der Waals surface area contributed by atoms with Gasteiger partial charge in [-0.3, -0.25) is 4.98 Å². The molecule has 1 aromatic carbocycles. The van der Waals surface area contributed by atoms with Crippen molar-refractivity contribution < 1.29 is 9.47 Å². The lowest BCUT2D eigenvalue weighted by Crippen LogP contribution is -2.07. The van der Waals surface area contributed by atoms with Crippen LogP contribution in [0.15, 0.2) is 36.7 Å². The zero-order chi connectivity index (χ0) is 13.5. The molecule has 0 atom stereocenters. The highest BCUT2D eigenvalue weighted by molar-refractivity contribution is 5.30. The van der Waals surface area contributed by atoms with E-state index in [-0.39, 0.29) is 0 Å². The average molecular weight is 259 g/mol. The Bertz CT molecular complexity index is 514. The Kier molecular flexibility index (Phi) is 4.83. The summed E-state index contributed by atoms with van der Waals surface area (Å²) < 4.78 is 10.7. The van der Waals surface area contributed by atoms with Gasteiger partial charge in [-0.05, 0) is 24.7 Å². The second-order valence-corrected chi connectivity index (χ2v) is 4.06. The summed E-state index contributed by atoms with van der Waals surface area (Å²) in [6.45, 7) is 1.25. The molecule has 0 aliphatic carbocycles. The Morgan fingerprint density at radius 2 is 2.11 bits per heavy atom. The highest BCUT2D eigenvalue weighted by Crippen LogP contribution is 2.20. The maximum atomic E-state index is 5.65. The quantitative estimate of drug-likeness (QED) is 0.861. The van der Waals surface area contributed by atoms with Crippen molar-refractivity contribution in [1.29, 1.82) is 0 Å². The van der Waals surface area contributed by atoms with Gasteiger partial charge in [0.2, 0.25) is 5.88 Å². The number of rotatable bonds is 6. The lowest BCUT2D eigenvalue weighted by Gasteiger charge is -2.07. The molecule has 0 amide bonds. The molecular weight excluding hydrogens is 242 g/mol. The molecule has 1 aromatic heterocycles. The molecular formula is C14H17N3O2. The molecule has 2 rings (SSSR count). The molecule has 0 bridgehead atoms. The first-order valence-corrected chi connectivity index (χ1v) is 6.03. The summed E-state index contributed by atoms with van der Waals surface area (Å²) in [5.74, 6) is 1.21. The first-order chi connectivity index (χ1) is 9.31. The van der Waals surface area contributed by atoms with Crippen LogP contribution in [0.5, 0.6) is 11.6 Å². The Hall–Kier alpha value is -1.98. The summed E-state index contributed by atoms with van der Waals surface area (Å²) in [6.07, 6.45) is 3.32. The minimum absolute atomic E-state index is 0.481. The third-order valence-electron chi connectivity index (χ3n) is 2.47.